The molecular weight excluding hydrogens is 380 g/mol. The molecule has 0 spiro atoms. The first-order valence-corrected chi connectivity index (χ1v) is 10.5. The summed E-state index contributed by atoms with van der Waals surface area (Å²) in [6.07, 6.45) is 5.12. The Hall–Kier alpha value is -3.28. The van der Waals surface area contributed by atoms with E-state index in [9.17, 15) is 9.59 Å². The Morgan fingerprint density at radius 1 is 1.03 bits per heavy atom. The molecule has 2 heterocycles. The van der Waals surface area contributed by atoms with Gasteiger partial charge in [-0.05, 0) is 42.7 Å². The van der Waals surface area contributed by atoms with E-state index in [-0.39, 0.29) is 24.0 Å². The van der Waals surface area contributed by atoms with Crippen LogP contribution in [-0.4, -0.2) is 17.3 Å². The van der Waals surface area contributed by atoms with Gasteiger partial charge in [-0.25, -0.2) is 0 Å². The fourth-order valence-corrected chi connectivity index (χ4v) is 4.54. The number of para-hydroxylation sites is 1. The topological polar surface area (TPSA) is 69.6 Å². The Bertz CT molecular complexity index is 1190. The summed E-state index contributed by atoms with van der Waals surface area (Å²) >= 11 is 0. The fourth-order valence-electron chi connectivity index (χ4n) is 4.54. The molecule has 3 aromatic rings. The van der Waals surface area contributed by atoms with E-state index >= 15 is 0 Å². The SMILES string of the molecule is Cn1c(NC(=O)C2CCCCC2)c(-c2ccc3c(c2)OCO3)c(=O)c2ccccc21. The highest BCUT2D eigenvalue weighted by atomic mass is 16.7. The second-order valence-electron chi connectivity index (χ2n) is 8.02. The molecule has 30 heavy (non-hydrogen) atoms. The molecule has 1 fully saturated rings. The molecular formula is C24H24N2O4. The quantitative estimate of drug-likeness (QED) is 0.700. The molecule has 2 aromatic carbocycles. The van der Waals surface area contributed by atoms with Gasteiger partial charge in [0, 0.05) is 18.4 Å². The third-order valence-electron chi connectivity index (χ3n) is 6.19. The number of rotatable bonds is 3. The van der Waals surface area contributed by atoms with Gasteiger partial charge >= 0.3 is 0 Å². The molecule has 0 saturated heterocycles. The molecule has 1 N–H and O–H groups in total. The number of carbonyl (C=O) groups excluding carboxylic acids is 1. The Labute approximate surface area is 174 Å². The Morgan fingerprint density at radius 3 is 2.63 bits per heavy atom. The zero-order valence-electron chi connectivity index (χ0n) is 16.9. The van der Waals surface area contributed by atoms with Crippen LogP contribution in [0.15, 0.2) is 47.3 Å². The maximum Gasteiger partial charge on any atom is 0.231 e. The predicted octanol–water partition coefficient (Wildman–Crippen LogP) is 4.45. The van der Waals surface area contributed by atoms with Gasteiger partial charge in [-0.3, -0.25) is 9.59 Å². The van der Waals surface area contributed by atoms with E-state index in [1.54, 1.807) is 6.07 Å². The average Bonchev–Trinajstić information content (AvgIpc) is 3.26. The molecule has 0 bridgehead atoms. The second kappa shape index (κ2) is 7.52. The first-order valence-electron chi connectivity index (χ1n) is 10.5. The van der Waals surface area contributed by atoms with Crippen LogP contribution in [0.2, 0.25) is 0 Å². The van der Waals surface area contributed by atoms with Crippen molar-refractivity contribution in [3.8, 4) is 22.6 Å². The third kappa shape index (κ3) is 3.12. The molecule has 0 atom stereocenters. The molecule has 6 heteroatoms. The van der Waals surface area contributed by atoms with Crippen molar-refractivity contribution >= 4 is 22.6 Å². The summed E-state index contributed by atoms with van der Waals surface area (Å²) in [5.41, 5.74) is 1.84. The van der Waals surface area contributed by atoms with Gasteiger partial charge in [0.2, 0.25) is 12.7 Å². The highest BCUT2D eigenvalue weighted by Crippen LogP contribution is 2.38. The Kier molecular flexibility index (Phi) is 4.69. The molecule has 0 radical (unpaired) electrons. The molecule has 1 aliphatic carbocycles. The van der Waals surface area contributed by atoms with Crippen LogP contribution in [0, 0.1) is 5.92 Å². The number of nitrogens with zero attached hydrogens (tertiary/aromatic N) is 1. The predicted molar refractivity (Wildman–Crippen MR) is 116 cm³/mol. The van der Waals surface area contributed by atoms with Gasteiger partial charge in [-0.15, -0.1) is 0 Å². The van der Waals surface area contributed by atoms with E-state index in [4.69, 9.17) is 9.47 Å². The zero-order chi connectivity index (χ0) is 20.7. The maximum absolute atomic E-state index is 13.5. The van der Waals surface area contributed by atoms with Gasteiger partial charge in [0.1, 0.15) is 5.82 Å². The molecule has 1 amide bonds. The van der Waals surface area contributed by atoms with Gasteiger partial charge in [-0.2, -0.15) is 0 Å². The van der Waals surface area contributed by atoms with Gasteiger partial charge in [-0.1, -0.05) is 37.5 Å². The zero-order valence-corrected chi connectivity index (χ0v) is 16.9. The standard InChI is InChI=1S/C24H24N2O4/c1-26-18-10-6-5-9-17(18)22(27)21(16-11-12-19-20(13-16)30-14-29-19)23(26)25-24(28)15-7-3-2-4-8-15/h5-6,9-13,15H,2-4,7-8,14H2,1H3,(H,25,28). The molecule has 1 saturated carbocycles. The Balaban J connectivity index is 1.68. The van der Waals surface area contributed by atoms with Crippen molar-refractivity contribution < 1.29 is 14.3 Å². The number of amides is 1. The highest BCUT2D eigenvalue weighted by molar-refractivity contribution is 5.99. The molecule has 2 aliphatic rings. The van der Waals surface area contributed by atoms with Gasteiger partial charge in [0.15, 0.2) is 16.9 Å². The first-order chi connectivity index (χ1) is 14.6. The maximum atomic E-state index is 13.5. The summed E-state index contributed by atoms with van der Waals surface area (Å²) < 4.78 is 12.8. The van der Waals surface area contributed by atoms with Crippen molar-refractivity contribution in [2.45, 2.75) is 32.1 Å². The fraction of sp³-hybridized carbons (Fsp3) is 0.333. The normalized spacial score (nSPS) is 16.0. The summed E-state index contributed by atoms with van der Waals surface area (Å²) in [5.74, 6) is 1.76. The van der Waals surface area contributed by atoms with Crippen LogP contribution < -0.4 is 20.2 Å². The summed E-state index contributed by atoms with van der Waals surface area (Å²) in [4.78, 5) is 26.6. The number of pyridine rings is 1. The van der Waals surface area contributed by atoms with Crippen LogP contribution in [0.4, 0.5) is 5.82 Å². The number of aromatic nitrogens is 1. The molecule has 0 unspecified atom stereocenters. The largest absolute Gasteiger partial charge is 0.454 e. The number of nitrogens with one attached hydrogen (secondary N) is 1. The molecule has 1 aromatic heterocycles. The van der Waals surface area contributed by atoms with Crippen molar-refractivity contribution in [3.05, 3.63) is 52.7 Å². The van der Waals surface area contributed by atoms with E-state index in [1.807, 2.05) is 48.0 Å². The van der Waals surface area contributed by atoms with Crippen molar-refractivity contribution in [2.75, 3.05) is 12.1 Å². The van der Waals surface area contributed by atoms with Crippen LogP contribution >= 0.6 is 0 Å². The Morgan fingerprint density at radius 2 is 1.80 bits per heavy atom. The van der Waals surface area contributed by atoms with E-state index in [1.165, 1.54) is 6.42 Å². The number of carbonyl (C=O) groups is 1. The molecule has 6 nitrogen and oxygen atoms in total. The lowest BCUT2D eigenvalue weighted by atomic mass is 9.88. The lowest BCUT2D eigenvalue weighted by Gasteiger charge is -2.23. The lowest BCUT2D eigenvalue weighted by molar-refractivity contribution is -0.120. The van der Waals surface area contributed by atoms with Crippen LogP contribution in [0.5, 0.6) is 11.5 Å². The number of benzene rings is 2. The van der Waals surface area contributed by atoms with Crippen LogP contribution in [0.3, 0.4) is 0 Å². The number of anilines is 1. The van der Waals surface area contributed by atoms with Gasteiger partial charge in [0.25, 0.3) is 0 Å². The minimum atomic E-state index is -0.110. The number of hydrogen-bond acceptors (Lipinski definition) is 4. The van der Waals surface area contributed by atoms with E-state index in [0.29, 0.717) is 33.8 Å². The van der Waals surface area contributed by atoms with Crippen LogP contribution in [0.25, 0.3) is 22.0 Å². The second-order valence-corrected chi connectivity index (χ2v) is 8.02. The number of aryl methyl sites for hydroxylation is 1. The molecule has 1 aliphatic heterocycles. The summed E-state index contributed by atoms with van der Waals surface area (Å²) in [7, 11) is 1.88. The molecule has 5 rings (SSSR count). The average molecular weight is 404 g/mol. The van der Waals surface area contributed by atoms with Crippen LogP contribution in [0.1, 0.15) is 32.1 Å². The minimum Gasteiger partial charge on any atom is -0.454 e. The number of ether oxygens (including phenoxy) is 2. The third-order valence-corrected chi connectivity index (χ3v) is 6.19. The van der Waals surface area contributed by atoms with Gasteiger partial charge in [0.05, 0.1) is 11.1 Å². The summed E-state index contributed by atoms with van der Waals surface area (Å²) in [5, 5.41) is 3.71. The number of hydrogen-bond donors (Lipinski definition) is 1. The minimum absolute atomic E-state index is 0.00933. The smallest absolute Gasteiger partial charge is 0.231 e. The summed E-state index contributed by atoms with van der Waals surface area (Å²) in [6.45, 7) is 0.166. The first kappa shape index (κ1) is 18.7. The lowest BCUT2D eigenvalue weighted by Crippen LogP contribution is -2.28. The van der Waals surface area contributed by atoms with Crippen molar-refractivity contribution in [3.63, 3.8) is 0 Å². The van der Waals surface area contributed by atoms with Gasteiger partial charge < -0.3 is 19.4 Å². The van der Waals surface area contributed by atoms with E-state index in [0.717, 1.165) is 31.2 Å². The number of fused-ring (bicyclic) bond motifs is 2. The summed E-state index contributed by atoms with van der Waals surface area (Å²) in [6, 6.07) is 12.9. The van der Waals surface area contributed by atoms with Crippen LogP contribution in [-0.2, 0) is 11.8 Å². The van der Waals surface area contributed by atoms with E-state index in [2.05, 4.69) is 5.32 Å². The highest BCUT2D eigenvalue weighted by Gasteiger charge is 2.25. The van der Waals surface area contributed by atoms with Crippen molar-refractivity contribution in [1.29, 1.82) is 0 Å². The monoisotopic (exact) mass is 404 g/mol. The van der Waals surface area contributed by atoms with Crippen molar-refractivity contribution in [2.24, 2.45) is 13.0 Å². The van der Waals surface area contributed by atoms with Crippen molar-refractivity contribution in [1.82, 2.24) is 4.57 Å². The molecule has 154 valence electrons. The van der Waals surface area contributed by atoms with E-state index < -0.39 is 0 Å².